The summed E-state index contributed by atoms with van der Waals surface area (Å²) >= 11 is 0. The normalized spacial score (nSPS) is 10.8. The first-order valence-corrected chi connectivity index (χ1v) is 7.94. The van der Waals surface area contributed by atoms with Crippen molar-refractivity contribution >= 4 is 8.25 Å². The van der Waals surface area contributed by atoms with Gasteiger partial charge >= 0.3 is 8.25 Å². The Balaban J connectivity index is 1.65. The molecule has 0 fully saturated rings. The summed E-state index contributed by atoms with van der Waals surface area (Å²) in [7, 11) is -2.25. The third-order valence-electron chi connectivity index (χ3n) is 3.06. The zero-order valence-corrected chi connectivity index (χ0v) is 12.6. The molecule has 0 aliphatic carbocycles. The Morgan fingerprint density at radius 3 is 1.59 bits per heavy atom. The molecule has 0 heterocycles. The highest BCUT2D eigenvalue weighted by Gasteiger charge is 2.23. The lowest BCUT2D eigenvalue weighted by Gasteiger charge is -2.01. The van der Waals surface area contributed by atoms with Gasteiger partial charge in [-0.3, -0.25) is 0 Å². The van der Waals surface area contributed by atoms with E-state index < -0.39 is 8.25 Å². The molecule has 0 saturated carbocycles. The van der Waals surface area contributed by atoms with Gasteiger partial charge in [-0.2, -0.15) is 0 Å². The molecule has 0 aliphatic heterocycles. The molecule has 4 heteroatoms. The Bertz CT molecular complexity index is 740. The Labute approximate surface area is 130 Å². The lowest BCUT2D eigenvalue weighted by molar-refractivity contribution is 0.415. The van der Waals surface area contributed by atoms with Gasteiger partial charge in [0.2, 0.25) is 0 Å². The molecule has 3 rings (SSSR count). The van der Waals surface area contributed by atoms with Crippen LogP contribution >= 0.6 is 8.25 Å². The Hall–Kier alpha value is -2.64. The molecular weight excluding hydrogens is 295 g/mol. The van der Waals surface area contributed by atoms with Crippen molar-refractivity contribution in [3.8, 4) is 22.6 Å². The van der Waals surface area contributed by atoms with Crippen LogP contribution in [0.15, 0.2) is 84.9 Å². The summed E-state index contributed by atoms with van der Waals surface area (Å²) in [5.74, 6) is 1.03. The Kier molecular flexibility index (Phi) is 4.47. The van der Waals surface area contributed by atoms with E-state index in [1.54, 1.807) is 24.3 Å². The van der Waals surface area contributed by atoms with Crippen LogP contribution in [-0.4, -0.2) is 0 Å². The average molecular weight is 309 g/mol. The van der Waals surface area contributed by atoms with Gasteiger partial charge in [-0.1, -0.05) is 60.7 Å². The SMILES string of the molecule is O=[P+](Oc1ccccc1)Oc1ccc(-c2ccccc2)cc1. The maximum absolute atomic E-state index is 11.8. The smallest absolute Gasteiger partial charge is 0.222 e. The molecule has 22 heavy (non-hydrogen) atoms. The van der Waals surface area contributed by atoms with E-state index in [1.807, 2.05) is 60.7 Å². The first kappa shape index (κ1) is 14.3. The van der Waals surface area contributed by atoms with Gasteiger partial charge in [0.15, 0.2) is 11.5 Å². The number of benzene rings is 3. The van der Waals surface area contributed by atoms with Gasteiger partial charge in [0, 0.05) is 4.57 Å². The summed E-state index contributed by atoms with van der Waals surface area (Å²) < 4.78 is 22.4. The summed E-state index contributed by atoms with van der Waals surface area (Å²) in [4.78, 5) is 0. The van der Waals surface area contributed by atoms with Crippen molar-refractivity contribution in [2.45, 2.75) is 0 Å². The molecular formula is C18H14O3P+. The lowest BCUT2D eigenvalue weighted by atomic mass is 10.1. The van der Waals surface area contributed by atoms with E-state index in [-0.39, 0.29) is 0 Å². The second kappa shape index (κ2) is 6.88. The van der Waals surface area contributed by atoms with Gasteiger partial charge in [0.1, 0.15) is 0 Å². The van der Waals surface area contributed by atoms with Gasteiger partial charge < -0.3 is 0 Å². The van der Waals surface area contributed by atoms with Crippen molar-refractivity contribution < 1.29 is 13.6 Å². The van der Waals surface area contributed by atoms with Crippen LogP contribution in [-0.2, 0) is 4.57 Å². The van der Waals surface area contributed by atoms with Gasteiger partial charge in [-0.15, -0.1) is 0 Å². The molecule has 3 aromatic carbocycles. The average Bonchev–Trinajstić information content (AvgIpc) is 2.57. The minimum atomic E-state index is -2.25. The quantitative estimate of drug-likeness (QED) is 0.586. The molecule has 0 aromatic heterocycles. The second-order valence-electron chi connectivity index (χ2n) is 4.61. The summed E-state index contributed by atoms with van der Waals surface area (Å²) in [6.07, 6.45) is 0. The third-order valence-corrected chi connectivity index (χ3v) is 3.78. The molecule has 0 radical (unpaired) electrons. The zero-order chi connectivity index (χ0) is 15.2. The molecule has 0 N–H and O–H groups in total. The molecule has 0 saturated heterocycles. The summed E-state index contributed by atoms with van der Waals surface area (Å²) in [6.45, 7) is 0. The predicted molar refractivity (Wildman–Crippen MR) is 87.2 cm³/mol. The highest BCUT2D eigenvalue weighted by molar-refractivity contribution is 7.34. The largest absolute Gasteiger partial charge is 0.805 e. The predicted octanol–water partition coefficient (Wildman–Crippen LogP) is 5.47. The highest BCUT2D eigenvalue weighted by Crippen LogP contribution is 2.31. The van der Waals surface area contributed by atoms with E-state index in [0.717, 1.165) is 11.1 Å². The summed E-state index contributed by atoms with van der Waals surface area (Å²) in [5.41, 5.74) is 2.20. The molecule has 1 atom stereocenters. The fourth-order valence-electron chi connectivity index (χ4n) is 2.01. The highest BCUT2D eigenvalue weighted by atomic mass is 31.1. The first-order valence-electron chi connectivity index (χ1n) is 6.85. The number of hydrogen-bond donors (Lipinski definition) is 0. The van der Waals surface area contributed by atoms with E-state index in [0.29, 0.717) is 11.5 Å². The molecule has 1 unspecified atom stereocenters. The minimum Gasteiger partial charge on any atom is -0.222 e. The van der Waals surface area contributed by atoms with Gasteiger partial charge in [0.25, 0.3) is 0 Å². The van der Waals surface area contributed by atoms with Crippen LogP contribution in [0.1, 0.15) is 0 Å². The van der Waals surface area contributed by atoms with E-state index in [9.17, 15) is 4.57 Å². The van der Waals surface area contributed by atoms with E-state index in [4.69, 9.17) is 9.05 Å². The maximum Gasteiger partial charge on any atom is 0.805 e. The van der Waals surface area contributed by atoms with Gasteiger partial charge in [-0.05, 0) is 35.4 Å². The maximum atomic E-state index is 11.8. The van der Waals surface area contributed by atoms with Crippen LogP contribution < -0.4 is 9.05 Å². The fourth-order valence-corrected chi connectivity index (χ4v) is 2.64. The molecule has 0 bridgehead atoms. The van der Waals surface area contributed by atoms with Crippen molar-refractivity contribution in [2.24, 2.45) is 0 Å². The number of para-hydroxylation sites is 1. The van der Waals surface area contributed by atoms with Crippen LogP contribution in [0.5, 0.6) is 11.5 Å². The molecule has 0 amide bonds. The fraction of sp³-hybridized carbons (Fsp3) is 0. The number of hydrogen-bond acceptors (Lipinski definition) is 3. The molecule has 3 nitrogen and oxygen atoms in total. The van der Waals surface area contributed by atoms with E-state index in [1.165, 1.54) is 0 Å². The summed E-state index contributed by atoms with van der Waals surface area (Å²) in [6, 6.07) is 26.4. The molecule has 3 aromatic rings. The van der Waals surface area contributed by atoms with E-state index >= 15 is 0 Å². The monoisotopic (exact) mass is 309 g/mol. The molecule has 0 aliphatic rings. The first-order chi connectivity index (χ1) is 10.8. The Morgan fingerprint density at radius 1 is 0.545 bits per heavy atom. The van der Waals surface area contributed by atoms with Crippen LogP contribution in [0.25, 0.3) is 11.1 Å². The van der Waals surface area contributed by atoms with Crippen LogP contribution in [0.3, 0.4) is 0 Å². The van der Waals surface area contributed by atoms with Gasteiger partial charge in [-0.25, -0.2) is 9.05 Å². The van der Waals surface area contributed by atoms with Crippen molar-refractivity contribution in [1.82, 2.24) is 0 Å². The number of rotatable bonds is 5. The van der Waals surface area contributed by atoms with Crippen molar-refractivity contribution in [3.05, 3.63) is 84.9 Å². The van der Waals surface area contributed by atoms with Crippen molar-refractivity contribution in [2.75, 3.05) is 0 Å². The van der Waals surface area contributed by atoms with Gasteiger partial charge in [0.05, 0.1) is 0 Å². The van der Waals surface area contributed by atoms with Crippen LogP contribution in [0.2, 0.25) is 0 Å². The zero-order valence-electron chi connectivity index (χ0n) is 11.8. The third kappa shape index (κ3) is 3.72. The van der Waals surface area contributed by atoms with Crippen LogP contribution in [0, 0.1) is 0 Å². The minimum absolute atomic E-state index is 0.511. The second-order valence-corrected chi connectivity index (χ2v) is 5.42. The van der Waals surface area contributed by atoms with Crippen LogP contribution in [0.4, 0.5) is 0 Å². The van der Waals surface area contributed by atoms with E-state index in [2.05, 4.69) is 0 Å². The van der Waals surface area contributed by atoms with Crippen molar-refractivity contribution in [1.29, 1.82) is 0 Å². The molecule has 0 spiro atoms. The lowest BCUT2D eigenvalue weighted by Crippen LogP contribution is -1.88. The molecule has 108 valence electrons. The Morgan fingerprint density at radius 2 is 1.00 bits per heavy atom. The topological polar surface area (TPSA) is 35.5 Å². The van der Waals surface area contributed by atoms with Crippen molar-refractivity contribution in [3.63, 3.8) is 0 Å². The summed E-state index contributed by atoms with van der Waals surface area (Å²) in [5, 5.41) is 0. The standard InChI is InChI=1S/C18H14O3P/c19-22(20-17-9-5-2-6-10-17)21-18-13-11-16(12-14-18)15-7-3-1-4-8-15/h1-14H/q+1.